The van der Waals surface area contributed by atoms with E-state index in [1.807, 2.05) is 14.1 Å². The maximum atomic E-state index is 10.6. The number of carbonyl (C=O) groups excluding carboxylic acids is 1. The fourth-order valence-electron chi connectivity index (χ4n) is 3.34. The molecule has 24 heavy (non-hydrogen) atoms. The van der Waals surface area contributed by atoms with E-state index in [0.717, 1.165) is 13.0 Å². The first-order valence-electron chi connectivity index (χ1n) is 10.5. The van der Waals surface area contributed by atoms with Gasteiger partial charge in [-0.3, -0.25) is 0 Å². The molecule has 3 nitrogen and oxygen atoms in total. The summed E-state index contributed by atoms with van der Waals surface area (Å²) in [5.41, 5.74) is 0. The van der Waals surface area contributed by atoms with E-state index >= 15 is 0 Å². The van der Waals surface area contributed by atoms with Crippen molar-refractivity contribution in [2.75, 3.05) is 27.2 Å². The highest BCUT2D eigenvalue weighted by atomic mass is 16.4. The van der Waals surface area contributed by atoms with Crippen LogP contribution in [0, 0.1) is 0 Å². The number of carbonyl (C=O) groups is 1. The molecule has 0 amide bonds. The normalized spacial score (nSPS) is 11.8. The summed E-state index contributed by atoms with van der Waals surface area (Å²) in [6, 6.07) is 0. The van der Waals surface area contributed by atoms with Gasteiger partial charge in [0.1, 0.15) is 6.54 Å². The molecule has 0 atom stereocenters. The van der Waals surface area contributed by atoms with Crippen LogP contribution in [0.4, 0.5) is 0 Å². The zero-order valence-electron chi connectivity index (χ0n) is 16.8. The van der Waals surface area contributed by atoms with Gasteiger partial charge < -0.3 is 14.4 Å². The summed E-state index contributed by atoms with van der Waals surface area (Å²) >= 11 is 0. The van der Waals surface area contributed by atoms with E-state index in [-0.39, 0.29) is 6.54 Å². The molecule has 0 unspecified atom stereocenters. The highest BCUT2D eigenvalue weighted by molar-refractivity contribution is 5.65. The van der Waals surface area contributed by atoms with Gasteiger partial charge in [-0.2, -0.15) is 0 Å². The Morgan fingerprint density at radius 2 is 1.00 bits per heavy atom. The molecule has 0 aromatic heterocycles. The Morgan fingerprint density at radius 3 is 1.33 bits per heavy atom. The van der Waals surface area contributed by atoms with Crippen LogP contribution in [-0.4, -0.2) is 37.6 Å². The van der Waals surface area contributed by atoms with Gasteiger partial charge in [0, 0.05) is 0 Å². The molecule has 0 heterocycles. The summed E-state index contributed by atoms with van der Waals surface area (Å²) in [6.07, 6.45) is 20.5. The molecule has 0 spiro atoms. The fourth-order valence-corrected chi connectivity index (χ4v) is 3.34. The van der Waals surface area contributed by atoms with Gasteiger partial charge >= 0.3 is 0 Å². The van der Waals surface area contributed by atoms with Crippen molar-refractivity contribution < 1.29 is 14.4 Å². The summed E-state index contributed by atoms with van der Waals surface area (Å²) < 4.78 is 0.542. The Hall–Kier alpha value is -0.570. The van der Waals surface area contributed by atoms with Crippen molar-refractivity contribution in [3.05, 3.63) is 0 Å². The Bertz CT molecular complexity index is 290. The van der Waals surface area contributed by atoms with Crippen LogP contribution in [0.5, 0.6) is 0 Å². The number of hydrogen-bond donors (Lipinski definition) is 0. The summed E-state index contributed by atoms with van der Waals surface area (Å²) in [5.74, 6) is -0.944. The number of rotatable bonds is 18. The number of hydrogen-bond acceptors (Lipinski definition) is 2. The highest BCUT2D eigenvalue weighted by Crippen LogP contribution is 2.13. The highest BCUT2D eigenvalue weighted by Gasteiger charge is 2.14. The largest absolute Gasteiger partial charge is 0.544 e. The number of carboxylic acid groups (broad SMARTS) is 1. The molecular weight excluding hydrogens is 298 g/mol. The molecule has 0 fully saturated rings. The van der Waals surface area contributed by atoms with Gasteiger partial charge in [-0.1, -0.05) is 90.4 Å². The minimum atomic E-state index is -0.944. The van der Waals surface area contributed by atoms with E-state index < -0.39 is 5.97 Å². The minimum Gasteiger partial charge on any atom is -0.544 e. The number of carboxylic acids is 1. The average Bonchev–Trinajstić information content (AvgIpc) is 2.49. The Kier molecular flexibility index (Phi) is 15.6. The monoisotopic (exact) mass is 341 g/mol. The topological polar surface area (TPSA) is 40.1 Å². The van der Waals surface area contributed by atoms with Crippen LogP contribution < -0.4 is 5.11 Å². The lowest BCUT2D eigenvalue weighted by molar-refractivity contribution is -0.885. The number of unbranched alkanes of at least 4 members (excludes halogenated alkanes) is 14. The lowest BCUT2D eigenvalue weighted by Gasteiger charge is -2.30. The first-order valence-corrected chi connectivity index (χ1v) is 10.5. The standard InChI is InChI=1S/C21H43NO2/c1-4-5-6-7-8-9-10-11-12-13-14-15-16-17-18-19-22(2,3)20-21(23)24/h4-20H2,1-3H3. The van der Waals surface area contributed by atoms with Crippen LogP contribution >= 0.6 is 0 Å². The van der Waals surface area contributed by atoms with E-state index in [2.05, 4.69) is 6.92 Å². The summed E-state index contributed by atoms with van der Waals surface area (Å²) in [4.78, 5) is 10.6. The molecular formula is C21H43NO2. The lowest BCUT2D eigenvalue weighted by atomic mass is 10.0. The zero-order valence-corrected chi connectivity index (χ0v) is 16.8. The second-order valence-electron chi connectivity index (χ2n) is 8.14. The van der Waals surface area contributed by atoms with Crippen LogP contribution in [0.25, 0.3) is 0 Å². The third-order valence-electron chi connectivity index (χ3n) is 4.92. The van der Waals surface area contributed by atoms with Gasteiger partial charge in [-0.15, -0.1) is 0 Å². The van der Waals surface area contributed by atoms with E-state index in [1.54, 1.807) is 0 Å². The van der Waals surface area contributed by atoms with Crippen molar-refractivity contribution >= 4 is 5.97 Å². The second-order valence-corrected chi connectivity index (χ2v) is 8.14. The third-order valence-corrected chi connectivity index (χ3v) is 4.92. The molecule has 0 radical (unpaired) electrons. The molecule has 0 N–H and O–H groups in total. The van der Waals surface area contributed by atoms with Crippen LogP contribution in [0.1, 0.15) is 103 Å². The quantitative estimate of drug-likeness (QED) is 0.268. The third kappa shape index (κ3) is 17.8. The minimum absolute atomic E-state index is 0.124. The smallest absolute Gasteiger partial charge is 0.119 e. The molecule has 0 aromatic carbocycles. The molecule has 0 aliphatic heterocycles. The van der Waals surface area contributed by atoms with Gasteiger partial charge in [0.25, 0.3) is 0 Å². The SMILES string of the molecule is CCCCCCCCCCCCCCCCC[N+](C)(C)CC(=O)[O-]. The molecule has 0 saturated heterocycles. The molecule has 0 saturated carbocycles. The van der Waals surface area contributed by atoms with Crippen molar-refractivity contribution in [3.8, 4) is 0 Å². The molecule has 0 rings (SSSR count). The van der Waals surface area contributed by atoms with Crippen molar-refractivity contribution in [2.24, 2.45) is 0 Å². The summed E-state index contributed by atoms with van der Waals surface area (Å²) in [6.45, 7) is 3.34. The Labute approximate surface area is 151 Å². The van der Waals surface area contributed by atoms with Crippen molar-refractivity contribution in [1.29, 1.82) is 0 Å². The molecule has 144 valence electrons. The van der Waals surface area contributed by atoms with Gasteiger partial charge in [0.2, 0.25) is 0 Å². The van der Waals surface area contributed by atoms with Gasteiger partial charge in [-0.05, 0) is 12.8 Å². The number of likely N-dealkylation sites (N-methyl/N-ethyl adjacent to an activating group) is 1. The average molecular weight is 342 g/mol. The molecule has 0 aliphatic carbocycles. The Balaban J connectivity index is 3.19. The van der Waals surface area contributed by atoms with Gasteiger partial charge in [-0.25, -0.2) is 0 Å². The van der Waals surface area contributed by atoms with Crippen molar-refractivity contribution in [2.45, 2.75) is 103 Å². The Morgan fingerprint density at radius 1 is 0.667 bits per heavy atom. The van der Waals surface area contributed by atoms with Crippen LogP contribution in [-0.2, 0) is 4.79 Å². The van der Waals surface area contributed by atoms with E-state index in [1.165, 1.54) is 89.9 Å². The zero-order chi connectivity index (χ0) is 18.1. The predicted molar refractivity (Wildman–Crippen MR) is 102 cm³/mol. The van der Waals surface area contributed by atoms with E-state index in [4.69, 9.17) is 0 Å². The summed E-state index contributed by atoms with van der Waals surface area (Å²) in [7, 11) is 3.94. The van der Waals surface area contributed by atoms with Crippen molar-refractivity contribution in [1.82, 2.24) is 0 Å². The van der Waals surface area contributed by atoms with Crippen LogP contribution in [0.2, 0.25) is 0 Å². The first-order chi connectivity index (χ1) is 11.5. The maximum absolute atomic E-state index is 10.6. The molecule has 0 bridgehead atoms. The van der Waals surface area contributed by atoms with E-state index in [9.17, 15) is 9.90 Å². The second kappa shape index (κ2) is 15.9. The van der Waals surface area contributed by atoms with Crippen molar-refractivity contribution in [3.63, 3.8) is 0 Å². The number of quaternary nitrogens is 1. The lowest BCUT2D eigenvalue weighted by Crippen LogP contribution is -2.48. The maximum Gasteiger partial charge on any atom is 0.119 e. The first kappa shape index (κ1) is 23.4. The van der Waals surface area contributed by atoms with Crippen LogP contribution in [0.3, 0.4) is 0 Å². The molecule has 0 aliphatic rings. The van der Waals surface area contributed by atoms with Gasteiger partial charge in [0.05, 0.1) is 26.6 Å². The summed E-state index contributed by atoms with van der Waals surface area (Å²) in [5, 5.41) is 10.6. The molecule has 3 heteroatoms. The number of nitrogens with zero attached hydrogens (tertiary/aromatic N) is 1. The molecule has 0 aromatic rings. The van der Waals surface area contributed by atoms with E-state index in [0.29, 0.717) is 4.48 Å². The fraction of sp³-hybridized carbons (Fsp3) is 0.952. The van der Waals surface area contributed by atoms with Gasteiger partial charge in [0.15, 0.2) is 0 Å². The van der Waals surface area contributed by atoms with Crippen LogP contribution in [0.15, 0.2) is 0 Å². The number of aliphatic carboxylic acids is 1. The predicted octanol–water partition coefficient (Wildman–Crippen LogP) is 4.68.